The van der Waals surface area contributed by atoms with Gasteiger partial charge in [-0.1, -0.05) is 42.5 Å². The molecule has 0 radical (unpaired) electrons. The van der Waals surface area contributed by atoms with Crippen LogP contribution in [0.25, 0.3) is 0 Å². The molecule has 0 aliphatic carbocycles. The number of methoxy groups -OCH3 is 1. The van der Waals surface area contributed by atoms with Crippen LogP contribution in [0.4, 0.5) is 0 Å². The van der Waals surface area contributed by atoms with Crippen LogP contribution in [0.1, 0.15) is 17.2 Å². The molecule has 2 aromatic carbocycles. The lowest BCUT2D eigenvalue weighted by molar-refractivity contribution is -0.131. The Balaban J connectivity index is 2.05. The molecule has 4 nitrogen and oxygen atoms in total. The maximum Gasteiger partial charge on any atom is 0.244 e. The Morgan fingerprint density at radius 3 is 2.57 bits per heavy atom. The van der Waals surface area contributed by atoms with E-state index in [0.717, 1.165) is 16.9 Å². The maximum absolute atomic E-state index is 12.4. The Hall–Kier alpha value is -2.33. The summed E-state index contributed by atoms with van der Waals surface area (Å²) in [5.41, 5.74) is 7.86. The molecule has 0 heterocycles. The van der Waals surface area contributed by atoms with E-state index in [2.05, 4.69) is 0 Å². The van der Waals surface area contributed by atoms with Crippen LogP contribution in [0.2, 0.25) is 0 Å². The lowest BCUT2D eigenvalue weighted by atomic mass is 10.1. The minimum Gasteiger partial charge on any atom is -0.497 e. The number of nitrogens with zero attached hydrogens (tertiary/aromatic N) is 1. The molecular weight excluding hydrogens is 264 g/mol. The van der Waals surface area contributed by atoms with Gasteiger partial charge in [-0.25, -0.2) is 0 Å². The highest BCUT2D eigenvalue weighted by Crippen LogP contribution is 2.16. The quantitative estimate of drug-likeness (QED) is 0.917. The third kappa shape index (κ3) is 3.83. The maximum atomic E-state index is 12.4. The second-order valence-electron chi connectivity index (χ2n) is 4.93. The zero-order valence-corrected chi connectivity index (χ0v) is 12.3. The van der Waals surface area contributed by atoms with E-state index in [0.29, 0.717) is 6.54 Å². The van der Waals surface area contributed by atoms with E-state index in [1.807, 2.05) is 54.6 Å². The lowest BCUT2D eigenvalue weighted by Crippen LogP contribution is -2.35. The molecule has 0 aliphatic rings. The van der Waals surface area contributed by atoms with E-state index in [1.165, 1.54) is 0 Å². The van der Waals surface area contributed by atoms with Crippen LogP contribution in [0.5, 0.6) is 5.75 Å². The van der Waals surface area contributed by atoms with Gasteiger partial charge in [-0.15, -0.1) is 0 Å². The normalized spacial score (nSPS) is 11.8. The van der Waals surface area contributed by atoms with Crippen molar-refractivity contribution < 1.29 is 9.53 Å². The van der Waals surface area contributed by atoms with Gasteiger partial charge in [-0.3, -0.25) is 4.79 Å². The second-order valence-corrected chi connectivity index (χ2v) is 4.93. The molecule has 0 fully saturated rings. The number of hydrogen-bond acceptors (Lipinski definition) is 3. The number of amides is 1. The van der Waals surface area contributed by atoms with Crippen molar-refractivity contribution in [3.05, 3.63) is 65.7 Å². The van der Waals surface area contributed by atoms with E-state index >= 15 is 0 Å². The lowest BCUT2D eigenvalue weighted by Gasteiger charge is -2.22. The Labute approximate surface area is 125 Å². The van der Waals surface area contributed by atoms with Gasteiger partial charge in [-0.05, 0) is 23.3 Å². The molecule has 1 atom stereocenters. The van der Waals surface area contributed by atoms with Crippen LogP contribution in [0.3, 0.4) is 0 Å². The topological polar surface area (TPSA) is 55.6 Å². The highest BCUT2D eigenvalue weighted by Gasteiger charge is 2.19. The first-order valence-electron chi connectivity index (χ1n) is 6.80. The third-order valence-corrected chi connectivity index (χ3v) is 3.35. The predicted octanol–water partition coefficient (Wildman–Crippen LogP) is 2.35. The summed E-state index contributed by atoms with van der Waals surface area (Å²) < 4.78 is 5.19. The largest absolute Gasteiger partial charge is 0.497 e. The molecule has 2 rings (SSSR count). The van der Waals surface area contributed by atoms with Crippen LogP contribution in [0, 0.1) is 0 Å². The number of rotatable bonds is 5. The Morgan fingerprint density at radius 1 is 1.19 bits per heavy atom. The molecule has 110 valence electrons. The highest BCUT2D eigenvalue weighted by molar-refractivity contribution is 5.82. The van der Waals surface area contributed by atoms with E-state index in [9.17, 15) is 4.79 Å². The summed E-state index contributed by atoms with van der Waals surface area (Å²) in [5.74, 6) is 0.671. The van der Waals surface area contributed by atoms with Gasteiger partial charge >= 0.3 is 0 Å². The summed E-state index contributed by atoms with van der Waals surface area (Å²) in [6.45, 7) is 0.497. The van der Waals surface area contributed by atoms with Gasteiger partial charge in [0.2, 0.25) is 5.91 Å². The first kappa shape index (κ1) is 15.1. The van der Waals surface area contributed by atoms with Crippen molar-refractivity contribution in [3.8, 4) is 5.75 Å². The monoisotopic (exact) mass is 284 g/mol. The van der Waals surface area contributed by atoms with Crippen molar-refractivity contribution in [2.75, 3.05) is 14.2 Å². The number of benzene rings is 2. The molecule has 0 unspecified atom stereocenters. The molecule has 0 aliphatic heterocycles. The number of ether oxygens (including phenoxy) is 1. The van der Waals surface area contributed by atoms with Crippen molar-refractivity contribution in [1.82, 2.24) is 4.90 Å². The molecule has 1 amide bonds. The van der Waals surface area contributed by atoms with Gasteiger partial charge in [0.1, 0.15) is 11.8 Å². The van der Waals surface area contributed by atoms with Gasteiger partial charge < -0.3 is 15.4 Å². The number of likely N-dealkylation sites (N-methyl/N-ethyl adjacent to an activating group) is 1. The van der Waals surface area contributed by atoms with E-state index in [4.69, 9.17) is 10.5 Å². The van der Waals surface area contributed by atoms with Crippen LogP contribution < -0.4 is 10.5 Å². The summed E-state index contributed by atoms with van der Waals surface area (Å²) in [5, 5.41) is 0. The molecule has 0 aromatic heterocycles. The third-order valence-electron chi connectivity index (χ3n) is 3.35. The number of carbonyl (C=O) groups excluding carboxylic acids is 1. The predicted molar refractivity (Wildman–Crippen MR) is 82.8 cm³/mol. The van der Waals surface area contributed by atoms with Crippen LogP contribution >= 0.6 is 0 Å². The summed E-state index contributed by atoms with van der Waals surface area (Å²) in [6.07, 6.45) is 0. The zero-order valence-electron chi connectivity index (χ0n) is 12.3. The summed E-state index contributed by atoms with van der Waals surface area (Å²) in [6, 6.07) is 16.4. The minimum atomic E-state index is -0.637. The Bertz CT molecular complexity index is 599. The number of nitrogens with two attached hydrogens (primary N) is 1. The smallest absolute Gasteiger partial charge is 0.244 e. The number of hydrogen-bond donors (Lipinski definition) is 1. The minimum absolute atomic E-state index is 0.107. The fourth-order valence-electron chi connectivity index (χ4n) is 2.16. The average molecular weight is 284 g/mol. The van der Waals surface area contributed by atoms with Crippen molar-refractivity contribution in [3.63, 3.8) is 0 Å². The van der Waals surface area contributed by atoms with Crippen molar-refractivity contribution >= 4 is 5.91 Å². The molecule has 0 saturated heterocycles. The van der Waals surface area contributed by atoms with Crippen LogP contribution in [-0.4, -0.2) is 25.0 Å². The Morgan fingerprint density at radius 2 is 1.90 bits per heavy atom. The number of carbonyl (C=O) groups is 1. The van der Waals surface area contributed by atoms with Gasteiger partial charge in [-0.2, -0.15) is 0 Å². The van der Waals surface area contributed by atoms with Crippen molar-refractivity contribution in [2.45, 2.75) is 12.6 Å². The molecule has 0 bridgehead atoms. The molecule has 2 aromatic rings. The van der Waals surface area contributed by atoms with Gasteiger partial charge in [0.25, 0.3) is 0 Å². The van der Waals surface area contributed by atoms with Gasteiger partial charge in [0, 0.05) is 13.6 Å². The highest BCUT2D eigenvalue weighted by atomic mass is 16.5. The van der Waals surface area contributed by atoms with E-state index in [1.54, 1.807) is 19.1 Å². The van der Waals surface area contributed by atoms with Crippen molar-refractivity contribution in [1.29, 1.82) is 0 Å². The molecule has 0 spiro atoms. The molecule has 2 N–H and O–H groups in total. The summed E-state index contributed by atoms with van der Waals surface area (Å²) in [7, 11) is 3.38. The SMILES string of the molecule is COc1cccc(CN(C)C(=O)[C@H](N)c2ccccc2)c1. The standard InChI is InChI=1S/C17H20N2O2/c1-19(12-13-7-6-10-15(11-13)21-2)17(20)16(18)14-8-4-3-5-9-14/h3-11,16H,12,18H2,1-2H3/t16-/m1/s1. The fourth-order valence-corrected chi connectivity index (χ4v) is 2.16. The van der Waals surface area contributed by atoms with E-state index in [-0.39, 0.29) is 5.91 Å². The van der Waals surface area contributed by atoms with Crippen LogP contribution in [-0.2, 0) is 11.3 Å². The summed E-state index contributed by atoms with van der Waals surface area (Å²) in [4.78, 5) is 14.0. The van der Waals surface area contributed by atoms with Crippen LogP contribution in [0.15, 0.2) is 54.6 Å². The first-order chi connectivity index (χ1) is 10.1. The average Bonchev–Trinajstić information content (AvgIpc) is 2.54. The Kier molecular flexibility index (Phi) is 4.95. The second kappa shape index (κ2) is 6.90. The van der Waals surface area contributed by atoms with Gasteiger partial charge in [0.05, 0.1) is 7.11 Å². The fraction of sp³-hybridized carbons (Fsp3) is 0.235. The zero-order chi connectivity index (χ0) is 15.2. The van der Waals surface area contributed by atoms with Gasteiger partial charge in [0.15, 0.2) is 0 Å². The summed E-state index contributed by atoms with van der Waals surface area (Å²) >= 11 is 0. The van der Waals surface area contributed by atoms with E-state index < -0.39 is 6.04 Å². The molecular formula is C17H20N2O2. The molecule has 21 heavy (non-hydrogen) atoms. The first-order valence-corrected chi connectivity index (χ1v) is 6.80. The van der Waals surface area contributed by atoms with Crippen molar-refractivity contribution in [2.24, 2.45) is 5.73 Å². The molecule has 4 heteroatoms. The molecule has 0 saturated carbocycles.